The summed E-state index contributed by atoms with van der Waals surface area (Å²) in [4.78, 5) is 5.05. The minimum Gasteiger partial charge on any atom is -0.380 e. The molecule has 0 spiro atoms. The zero-order chi connectivity index (χ0) is 11.1. The molecule has 1 saturated heterocycles. The van der Waals surface area contributed by atoms with Crippen LogP contribution in [0.25, 0.3) is 0 Å². The summed E-state index contributed by atoms with van der Waals surface area (Å²) < 4.78 is 5.50. The van der Waals surface area contributed by atoms with Crippen molar-refractivity contribution in [2.75, 3.05) is 45.9 Å². The number of nitrogens with zero attached hydrogens (tertiary/aromatic N) is 2. The molecule has 3 nitrogen and oxygen atoms in total. The smallest absolute Gasteiger partial charge is 0.0593 e. The van der Waals surface area contributed by atoms with Gasteiger partial charge >= 0.3 is 0 Å². The van der Waals surface area contributed by atoms with Crippen molar-refractivity contribution in [2.24, 2.45) is 0 Å². The highest BCUT2D eigenvalue weighted by molar-refractivity contribution is 4.73. The van der Waals surface area contributed by atoms with E-state index in [9.17, 15) is 0 Å². The highest BCUT2D eigenvalue weighted by Crippen LogP contribution is 2.05. The largest absolute Gasteiger partial charge is 0.380 e. The number of ether oxygens (including phenoxy) is 1. The van der Waals surface area contributed by atoms with Crippen LogP contribution < -0.4 is 0 Å². The Morgan fingerprint density at radius 1 is 1.07 bits per heavy atom. The first kappa shape index (κ1) is 12.9. The summed E-state index contributed by atoms with van der Waals surface area (Å²) in [7, 11) is 0. The number of rotatable bonds is 6. The molecule has 1 rings (SSSR count). The summed E-state index contributed by atoms with van der Waals surface area (Å²) in [5, 5.41) is 0. The minimum atomic E-state index is 0.698. The zero-order valence-electron chi connectivity index (χ0n) is 10.5. The van der Waals surface area contributed by atoms with Gasteiger partial charge in [-0.15, -0.1) is 0 Å². The number of hydrogen-bond donors (Lipinski definition) is 0. The molecule has 0 atom stereocenters. The van der Waals surface area contributed by atoms with Gasteiger partial charge in [-0.05, 0) is 20.3 Å². The fourth-order valence-corrected chi connectivity index (χ4v) is 1.94. The Morgan fingerprint density at radius 3 is 2.27 bits per heavy atom. The fraction of sp³-hybridized carbons (Fsp3) is 1.00. The molecule has 0 unspecified atom stereocenters. The molecule has 1 heterocycles. The van der Waals surface area contributed by atoms with E-state index in [1.807, 2.05) is 0 Å². The maximum atomic E-state index is 5.50. The lowest BCUT2D eigenvalue weighted by molar-refractivity contribution is 0.0667. The molecular formula is C12H26N2O. The lowest BCUT2D eigenvalue weighted by Crippen LogP contribution is -2.49. The Hall–Kier alpha value is -0.120. The van der Waals surface area contributed by atoms with E-state index in [1.165, 1.54) is 26.2 Å². The molecule has 1 aliphatic heterocycles. The quantitative estimate of drug-likeness (QED) is 0.622. The summed E-state index contributed by atoms with van der Waals surface area (Å²) in [6.45, 7) is 14.5. The van der Waals surface area contributed by atoms with E-state index in [4.69, 9.17) is 4.74 Å². The SMILES string of the molecule is CCCOCCN1CCN(C(C)C)CC1. The first-order valence-corrected chi connectivity index (χ1v) is 6.28. The normalized spacial score (nSPS) is 20.0. The van der Waals surface area contributed by atoms with Crippen molar-refractivity contribution in [3.05, 3.63) is 0 Å². The summed E-state index contributed by atoms with van der Waals surface area (Å²) in [5.74, 6) is 0. The van der Waals surface area contributed by atoms with Crippen LogP contribution in [0, 0.1) is 0 Å². The molecule has 0 amide bonds. The second kappa shape index (κ2) is 7.20. The monoisotopic (exact) mass is 214 g/mol. The molecule has 0 aliphatic carbocycles. The van der Waals surface area contributed by atoms with E-state index < -0.39 is 0 Å². The first-order chi connectivity index (χ1) is 7.24. The van der Waals surface area contributed by atoms with Gasteiger partial charge in [0.05, 0.1) is 6.61 Å². The van der Waals surface area contributed by atoms with Gasteiger partial charge in [0.15, 0.2) is 0 Å². The molecule has 0 bridgehead atoms. The summed E-state index contributed by atoms with van der Waals surface area (Å²) >= 11 is 0. The summed E-state index contributed by atoms with van der Waals surface area (Å²) in [5.41, 5.74) is 0. The van der Waals surface area contributed by atoms with Crippen molar-refractivity contribution in [1.29, 1.82) is 0 Å². The van der Waals surface area contributed by atoms with Crippen LogP contribution in [0.4, 0.5) is 0 Å². The molecule has 0 aromatic rings. The predicted molar refractivity (Wildman–Crippen MR) is 64.3 cm³/mol. The fourth-order valence-electron chi connectivity index (χ4n) is 1.94. The lowest BCUT2D eigenvalue weighted by Gasteiger charge is -2.36. The standard InChI is InChI=1S/C12H26N2O/c1-4-10-15-11-9-13-5-7-14(8-6-13)12(2)3/h12H,4-11H2,1-3H3. The molecular weight excluding hydrogens is 188 g/mol. The molecule has 0 aromatic carbocycles. The second-order valence-corrected chi connectivity index (χ2v) is 4.58. The average Bonchev–Trinajstić information content (AvgIpc) is 2.25. The molecule has 3 heteroatoms. The average molecular weight is 214 g/mol. The minimum absolute atomic E-state index is 0.698. The Kier molecular flexibility index (Phi) is 6.22. The van der Waals surface area contributed by atoms with E-state index in [0.29, 0.717) is 6.04 Å². The van der Waals surface area contributed by atoms with Crippen molar-refractivity contribution >= 4 is 0 Å². The molecule has 0 N–H and O–H groups in total. The van der Waals surface area contributed by atoms with Gasteiger partial charge in [-0.25, -0.2) is 0 Å². The molecule has 90 valence electrons. The van der Waals surface area contributed by atoms with Crippen LogP contribution in [0.2, 0.25) is 0 Å². The van der Waals surface area contributed by atoms with Gasteiger partial charge in [0, 0.05) is 45.4 Å². The third-order valence-electron chi connectivity index (χ3n) is 3.04. The van der Waals surface area contributed by atoms with Crippen molar-refractivity contribution in [3.8, 4) is 0 Å². The second-order valence-electron chi connectivity index (χ2n) is 4.58. The van der Waals surface area contributed by atoms with Crippen molar-refractivity contribution < 1.29 is 4.74 Å². The van der Waals surface area contributed by atoms with Crippen LogP contribution >= 0.6 is 0 Å². The highest BCUT2D eigenvalue weighted by atomic mass is 16.5. The molecule has 15 heavy (non-hydrogen) atoms. The van der Waals surface area contributed by atoms with Crippen molar-refractivity contribution in [3.63, 3.8) is 0 Å². The maximum Gasteiger partial charge on any atom is 0.0593 e. The molecule has 1 fully saturated rings. The van der Waals surface area contributed by atoms with Gasteiger partial charge in [0.1, 0.15) is 0 Å². The number of hydrogen-bond acceptors (Lipinski definition) is 3. The molecule has 0 radical (unpaired) electrons. The van der Waals surface area contributed by atoms with E-state index in [-0.39, 0.29) is 0 Å². The van der Waals surface area contributed by atoms with Gasteiger partial charge in [-0.3, -0.25) is 9.80 Å². The lowest BCUT2D eigenvalue weighted by atomic mass is 10.2. The summed E-state index contributed by atoms with van der Waals surface area (Å²) in [6, 6.07) is 0.698. The molecule has 0 aromatic heterocycles. The maximum absolute atomic E-state index is 5.50. The van der Waals surface area contributed by atoms with Crippen LogP contribution in [0.3, 0.4) is 0 Å². The highest BCUT2D eigenvalue weighted by Gasteiger charge is 2.17. The van der Waals surface area contributed by atoms with Gasteiger partial charge in [-0.1, -0.05) is 6.92 Å². The van der Waals surface area contributed by atoms with Crippen LogP contribution in [0.15, 0.2) is 0 Å². The predicted octanol–water partition coefficient (Wildman–Crippen LogP) is 1.44. The van der Waals surface area contributed by atoms with E-state index in [0.717, 1.165) is 26.2 Å². The molecule has 1 aliphatic rings. The van der Waals surface area contributed by atoms with E-state index >= 15 is 0 Å². The van der Waals surface area contributed by atoms with Gasteiger partial charge in [0.25, 0.3) is 0 Å². The van der Waals surface area contributed by atoms with Crippen LogP contribution in [0.1, 0.15) is 27.2 Å². The van der Waals surface area contributed by atoms with Gasteiger partial charge in [0.2, 0.25) is 0 Å². The third-order valence-corrected chi connectivity index (χ3v) is 3.04. The Labute approximate surface area is 94.4 Å². The third kappa shape index (κ3) is 4.96. The Morgan fingerprint density at radius 2 is 1.73 bits per heavy atom. The van der Waals surface area contributed by atoms with E-state index in [1.54, 1.807) is 0 Å². The zero-order valence-corrected chi connectivity index (χ0v) is 10.5. The topological polar surface area (TPSA) is 15.7 Å². The van der Waals surface area contributed by atoms with Gasteiger partial charge < -0.3 is 4.74 Å². The molecule has 0 saturated carbocycles. The van der Waals surface area contributed by atoms with Gasteiger partial charge in [-0.2, -0.15) is 0 Å². The Balaban J connectivity index is 2.04. The van der Waals surface area contributed by atoms with Crippen LogP contribution in [-0.2, 0) is 4.74 Å². The van der Waals surface area contributed by atoms with E-state index in [2.05, 4.69) is 30.6 Å². The van der Waals surface area contributed by atoms with Crippen LogP contribution in [0.5, 0.6) is 0 Å². The summed E-state index contributed by atoms with van der Waals surface area (Å²) in [6.07, 6.45) is 1.13. The van der Waals surface area contributed by atoms with Crippen LogP contribution in [-0.4, -0.2) is 61.8 Å². The number of piperazine rings is 1. The van der Waals surface area contributed by atoms with Crippen molar-refractivity contribution in [1.82, 2.24) is 9.80 Å². The van der Waals surface area contributed by atoms with Crippen molar-refractivity contribution in [2.45, 2.75) is 33.2 Å². The first-order valence-electron chi connectivity index (χ1n) is 6.28. The Bertz CT molecular complexity index is 154.